The monoisotopic (exact) mass is 317 g/mol. The first-order valence-corrected chi connectivity index (χ1v) is 8.21. The van der Waals surface area contributed by atoms with Crippen LogP contribution in [0.5, 0.6) is 5.75 Å². The molecular formula is C13H20FN3O3S. The summed E-state index contributed by atoms with van der Waals surface area (Å²) in [6.07, 6.45) is 1.71. The molecule has 1 saturated heterocycles. The molecule has 1 aliphatic rings. The number of nitrogens with zero attached hydrogens (tertiary/aromatic N) is 1. The van der Waals surface area contributed by atoms with Crippen LogP contribution >= 0.6 is 0 Å². The smallest absolute Gasteiger partial charge is 0.301 e. The van der Waals surface area contributed by atoms with Gasteiger partial charge in [-0.2, -0.15) is 12.7 Å². The van der Waals surface area contributed by atoms with Crippen LogP contribution in [-0.4, -0.2) is 39.5 Å². The lowest BCUT2D eigenvalue weighted by Crippen LogP contribution is -2.44. The second kappa shape index (κ2) is 6.59. The van der Waals surface area contributed by atoms with Crippen LogP contribution in [0.15, 0.2) is 18.2 Å². The molecule has 0 radical (unpaired) electrons. The molecule has 0 aromatic heterocycles. The number of piperidine rings is 1. The van der Waals surface area contributed by atoms with Gasteiger partial charge in [0, 0.05) is 19.2 Å². The summed E-state index contributed by atoms with van der Waals surface area (Å²) >= 11 is 0. The quantitative estimate of drug-likeness (QED) is 0.853. The van der Waals surface area contributed by atoms with Gasteiger partial charge in [0.2, 0.25) is 0 Å². The Morgan fingerprint density at radius 3 is 2.95 bits per heavy atom. The highest BCUT2D eigenvalue weighted by Gasteiger charge is 2.28. The van der Waals surface area contributed by atoms with E-state index >= 15 is 0 Å². The maximum atomic E-state index is 13.1. The van der Waals surface area contributed by atoms with E-state index < -0.39 is 16.0 Å². The van der Waals surface area contributed by atoms with Crippen LogP contribution in [0, 0.1) is 11.7 Å². The van der Waals surface area contributed by atoms with Gasteiger partial charge < -0.3 is 10.5 Å². The van der Waals surface area contributed by atoms with Gasteiger partial charge in [0.1, 0.15) is 11.6 Å². The van der Waals surface area contributed by atoms with Crippen LogP contribution in [0.2, 0.25) is 0 Å². The van der Waals surface area contributed by atoms with Crippen LogP contribution < -0.4 is 15.2 Å². The normalized spacial score (nSPS) is 20.2. The van der Waals surface area contributed by atoms with Gasteiger partial charge >= 0.3 is 10.2 Å². The summed E-state index contributed by atoms with van der Waals surface area (Å²) in [5.41, 5.74) is 5.84. The Labute approximate surface area is 124 Å². The van der Waals surface area contributed by atoms with E-state index in [1.165, 1.54) is 23.5 Å². The number of anilines is 1. The van der Waals surface area contributed by atoms with Crippen molar-refractivity contribution < 1.29 is 17.5 Å². The highest BCUT2D eigenvalue weighted by atomic mass is 32.2. The van der Waals surface area contributed by atoms with E-state index in [2.05, 4.69) is 4.72 Å². The third-order valence-corrected chi connectivity index (χ3v) is 5.05. The molecule has 1 aromatic rings. The van der Waals surface area contributed by atoms with Crippen LogP contribution in [0.1, 0.15) is 12.8 Å². The van der Waals surface area contributed by atoms with E-state index in [-0.39, 0.29) is 17.4 Å². The molecule has 21 heavy (non-hydrogen) atoms. The van der Waals surface area contributed by atoms with Crippen LogP contribution in [-0.2, 0) is 10.2 Å². The van der Waals surface area contributed by atoms with E-state index in [0.29, 0.717) is 19.6 Å². The van der Waals surface area contributed by atoms with Gasteiger partial charge in [-0.3, -0.25) is 4.72 Å². The molecule has 1 fully saturated rings. The Morgan fingerprint density at radius 1 is 1.52 bits per heavy atom. The van der Waals surface area contributed by atoms with Gasteiger partial charge in [0.05, 0.1) is 12.8 Å². The number of nitrogens with one attached hydrogen (secondary N) is 1. The number of methoxy groups -OCH3 is 1. The molecule has 6 nitrogen and oxygen atoms in total. The average molecular weight is 317 g/mol. The predicted octanol–water partition coefficient (Wildman–Crippen LogP) is 1.16. The summed E-state index contributed by atoms with van der Waals surface area (Å²) in [7, 11) is -2.34. The van der Waals surface area contributed by atoms with Crippen molar-refractivity contribution in [3.05, 3.63) is 24.0 Å². The number of benzene rings is 1. The Balaban J connectivity index is 2.17. The molecule has 8 heteroatoms. The predicted molar refractivity (Wildman–Crippen MR) is 78.8 cm³/mol. The van der Waals surface area contributed by atoms with Crippen LogP contribution in [0.25, 0.3) is 0 Å². The van der Waals surface area contributed by atoms with E-state index in [0.717, 1.165) is 18.9 Å². The number of rotatable bonds is 5. The fourth-order valence-corrected chi connectivity index (χ4v) is 3.74. The maximum absolute atomic E-state index is 13.1. The van der Waals surface area contributed by atoms with Crippen molar-refractivity contribution in [2.45, 2.75) is 12.8 Å². The van der Waals surface area contributed by atoms with E-state index in [9.17, 15) is 12.8 Å². The van der Waals surface area contributed by atoms with Gasteiger partial charge in [-0.05, 0) is 37.4 Å². The van der Waals surface area contributed by atoms with Crippen molar-refractivity contribution in [3.63, 3.8) is 0 Å². The highest BCUT2D eigenvalue weighted by Crippen LogP contribution is 2.27. The molecule has 1 aromatic carbocycles. The molecule has 3 N–H and O–H groups in total. The number of halogens is 1. The summed E-state index contributed by atoms with van der Waals surface area (Å²) in [6.45, 7) is 1.32. The molecule has 0 bridgehead atoms. The first kappa shape index (κ1) is 16.0. The van der Waals surface area contributed by atoms with E-state index in [4.69, 9.17) is 10.5 Å². The fraction of sp³-hybridized carbons (Fsp3) is 0.538. The highest BCUT2D eigenvalue weighted by molar-refractivity contribution is 7.90. The molecule has 118 valence electrons. The molecule has 0 amide bonds. The van der Waals surface area contributed by atoms with Gasteiger partial charge in [0.25, 0.3) is 0 Å². The summed E-state index contributed by atoms with van der Waals surface area (Å²) in [4.78, 5) is 0. The molecular weight excluding hydrogens is 297 g/mol. The van der Waals surface area contributed by atoms with Crippen LogP contribution in [0.4, 0.5) is 10.1 Å². The van der Waals surface area contributed by atoms with Gasteiger partial charge in [-0.1, -0.05) is 0 Å². The minimum Gasteiger partial charge on any atom is -0.494 e. The lowest BCUT2D eigenvalue weighted by molar-refractivity contribution is 0.272. The molecule has 1 heterocycles. The number of ether oxygens (including phenoxy) is 1. The van der Waals surface area contributed by atoms with Gasteiger partial charge in [0.15, 0.2) is 0 Å². The minimum absolute atomic E-state index is 0.144. The Bertz CT molecular complexity index is 594. The number of hydrogen-bond donors (Lipinski definition) is 2. The van der Waals surface area contributed by atoms with Crippen molar-refractivity contribution in [2.75, 3.05) is 31.5 Å². The average Bonchev–Trinajstić information content (AvgIpc) is 2.49. The molecule has 1 aliphatic heterocycles. The lowest BCUT2D eigenvalue weighted by atomic mass is 10.0. The second-order valence-corrected chi connectivity index (χ2v) is 6.72. The zero-order valence-electron chi connectivity index (χ0n) is 11.9. The zero-order chi connectivity index (χ0) is 15.5. The van der Waals surface area contributed by atoms with E-state index in [1.54, 1.807) is 0 Å². The zero-order valence-corrected chi connectivity index (χ0v) is 12.7. The van der Waals surface area contributed by atoms with Crippen LogP contribution in [0.3, 0.4) is 0 Å². The Hall–Kier alpha value is -1.38. The standard InChI is InChI=1S/C13H20FN3O3S/c1-20-13-7-11(14)4-5-12(13)16-21(18,19)17-6-2-3-10(8-15)9-17/h4-5,7,10,16H,2-3,6,8-9,15H2,1H3. The summed E-state index contributed by atoms with van der Waals surface area (Å²) in [5.74, 6) is -0.174. The molecule has 0 saturated carbocycles. The number of nitrogens with two attached hydrogens (primary N) is 1. The summed E-state index contributed by atoms with van der Waals surface area (Å²) in [5, 5.41) is 0. The lowest BCUT2D eigenvalue weighted by Gasteiger charge is -2.31. The first-order chi connectivity index (χ1) is 9.96. The number of hydrogen-bond acceptors (Lipinski definition) is 4. The topological polar surface area (TPSA) is 84.7 Å². The SMILES string of the molecule is COc1cc(F)ccc1NS(=O)(=O)N1CCCC(CN)C1. The largest absolute Gasteiger partial charge is 0.494 e. The Morgan fingerprint density at radius 2 is 2.29 bits per heavy atom. The molecule has 2 rings (SSSR count). The third kappa shape index (κ3) is 3.84. The van der Waals surface area contributed by atoms with Crippen molar-refractivity contribution in [1.29, 1.82) is 0 Å². The first-order valence-electron chi connectivity index (χ1n) is 6.77. The molecule has 0 aliphatic carbocycles. The third-order valence-electron chi connectivity index (χ3n) is 3.56. The Kier molecular flexibility index (Phi) is 5.02. The van der Waals surface area contributed by atoms with Crippen molar-refractivity contribution in [1.82, 2.24) is 4.31 Å². The van der Waals surface area contributed by atoms with Crippen molar-refractivity contribution >= 4 is 15.9 Å². The summed E-state index contributed by atoms with van der Waals surface area (Å²) in [6, 6.07) is 3.66. The fourth-order valence-electron chi connectivity index (χ4n) is 2.39. The van der Waals surface area contributed by atoms with Crippen molar-refractivity contribution in [3.8, 4) is 5.75 Å². The van der Waals surface area contributed by atoms with E-state index in [1.807, 2.05) is 0 Å². The second-order valence-electron chi connectivity index (χ2n) is 5.05. The van der Waals surface area contributed by atoms with Gasteiger partial charge in [-0.15, -0.1) is 0 Å². The summed E-state index contributed by atoms with van der Waals surface area (Å²) < 4.78 is 46.7. The molecule has 0 spiro atoms. The molecule has 1 unspecified atom stereocenters. The minimum atomic E-state index is -3.70. The van der Waals surface area contributed by atoms with Crippen molar-refractivity contribution in [2.24, 2.45) is 11.7 Å². The van der Waals surface area contributed by atoms with Gasteiger partial charge in [-0.25, -0.2) is 4.39 Å². The maximum Gasteiger partial charge on any atom is 0.301 e. The molecule has 1 atom stereocenters.